The summed E-state index contributed by atoms with van der Waals surface area (Å²) in [4.78, 5) is 21.1. The molecule has 1 unspecified atom stereocenters. The van der Waals surface area contributed by atoms with Gasteiger partial charge < -0.3 is 19.3 Å². The van der Waals surface area contributed by atoms with Crippen LogP contribution in [-0.4, -0.2) is 64.9 Å². The molecule has 1 aliphatic rings. The number of H-pyrrole nitrogens is 1. The van der Waals surface area contributed by atoms with Crippen molar-refractivity contribution in [3.63, 3.8) is 0 Å². The molecule has 1 aromatic heterocycles. The van der Waals surface area contributed by atoms with E-state index in [1.165, 1.54) is 18.2 Å². The van der Waals surface area contributed by atoms with E-state index in [4.69, 9.17) is 0 Å². The van der Waals surface area contributed by atoms with E-state index in [0.717, 1.165) is 5.56 Å². The van der Waals surface area contributed by atoms with Crippen molar-refractivity contribution < 1.29 is 31.8 Å². The molecular formula is C24H25F4N5O3. The molecule has 12 heteroatoms. The molecule has 0 aliphatic carbocycles. The maximum atomic E-state index is 13.2. The average molecular weight is 507 g/mol. The lowest BCUT2D eigenvalue weighted by Gasteiger charge is -2.42. The third-order valence-electron chi connectivity index (χ3n) is 5.79. The number of halogens is 4. The second-order valence-corrected chi connectivity index (χ2v) is 8.28. The average Bonchev–Trinajstić information content (AvgIpc) is 3.24. The number of carbonyl (C=O) groups is 1. The zero-order chi connectivity index (χ0) is 25.7. The summed E-state index contributed by atoms with van der Waals surface area (Å²) in [6.07, 6.45) is 0.602. The lowest BCUT2D eigenvalue weighted by Crippen LogP contribution is -2.56. The van der Waals surface area contributed by atoms with Crippen molar-refractivity contribution in [2.75, 3.05) is 24.5 Å². The molecule has 0 spiro atoms. The summed E-state index contributed by atoms with van der Waals surface area (Å²) in [6.45, 7) is -3.50. The van der Waals surface area contributed by atoms with Gasteiger partial charge in [0, 0.05) is 31.4 Å². The number of benzene rings is 2. The van der Waals surface area contributed by atoms with Gasteiger partial charge in [-0.15, -0.1) is 0 Å². The third kappa shape index (κ3) is 6.43. The molecule has 2 heterocycles. The van der Waals surface area contributed by atoms with E-state index in [2.05, 4.69) is 24.7 Å². The van der Waals surface area contributed by atoms with Gasteiger partial charge in [-0.25, -0.2) is 4.98 Å². The lowest BCUT2D eigenvalue weighted by atomic mass is 10.0. The minimum atomic E-state index is -3.21. The fourth-order valence-electron chi connectivity index (χ4n) is 4.26. The van der Waals surface area contributed by atoms with Crippen molar-refractivity contribution in [1.29, 1.82) is 0 Å². The maximum Gasteiger partial charge on any atom is 0.387 e. The first kappa shape index (κ1) is 25.3. The Bertz CT molecular complexity index is 1160. The Kier molecular flexibility index (Phi) is 7.91. The standard InChI is InChI=1S/C24H25F4N5O3/c1-15-29-21(31-30-15)13-22(34)33-10-9-32(14-18(33)11-16-5-3-2-4-6-16)17-7-8-19(35-23(25)26)20(12-17)36-24(27)28/h2-8,12,18,23-24H,9-11,13-14H2,1H3,(H,29,30,31). The molecule has 36 heavy (non-hydrogen) atoms. The first-order valence-electron chi connectivity index (χ1n) is 11.3. The highest BCUT2D eigenvalue weighted by molar-refractivity contribution is 5.78. The van der Waals surface area contributed by atoms with E-state index >= 15 is 0 Å². The highest BCUT2D eigenvalue weighted by Gasteiger charge is 2.32. The van der Waals surface area contributed by atoms with Crippen LogP contribution in [0.4, 0.5) is 23.2 Å². The molecule has 4 rings (SSSR count). The van der Waals surface area contributed by atoms with Gasteiger partial charge in [0.1, 0.15) is 5.82 Å². The summed E-state index contributed by atoms with van der Waals surface area (Å²) < 4.78 is 60.0. The second-order valence-electron chi connectivity index (χ2n) is 8.28. The molecule has 2 aromatic carbocycles. The van der Waals surface area contributed by atoms with Crippen molar-refractivity contribution in [2.24, 2.45) is 0 Å². The first-order chi connectivity index (χ1) is 17.3. The zero-order valence-electron chi connectivity index (χ0n) is 19.4. The van der Waals surface area contributed by atoms with Crippen LogP contribution in [-0.2, 0) is 17.6 Å². The van der Waals surface area contributed by atoms with Gasteiger partial charge in [-0.3, -0.25) is 9.89 Å². The summed E-state index contributed by atoms with van der Waals surface area (Å²) in [5.74, 6) is -0.0743. The number of nitrogens with zero attached hydrogens (tertiary/aromatic N) is 4. The molecule has 1 amide bonds. The quantitative estimate of drug-likeness (QED) is 0.444. The summed E-state index contributed by atoms with van der Waals surface area (Å²) in [6, 6.07) is 13.3. The van der Waals surface area contributed by atoms with Crippen LogP contribution in [0.1, 0.15) is 17.2 Å². The molecule has 1 N–H and O–H groups in total. The minimum Gasteiger partial charge on any atom is -0.431 e. The number of ether oxygens (including phenoxy) is 2. The number of nitrogens with one attached hydrogen (secondary N) is 1. The molecule has 8 nitrogen and oxygen atoms in total. The molecule has 192 valence electrons. The van der Waals surface area contributed by atoms with Gasteiger partial charge in [0.2, 0.25) is 5.91 Å². The van der Waals surface area contributed by atoms with Crippen LogP contribution < -0.4 is 14.4 Å². The van der Waals surface area contributed by atoms with Gasteiger partial charge in [-0.2, -0.15) is 22.7 Å². The van der Waals surface area contributed by atoms with E-state index in [1.807, 2.05) is 35.2 Å². The number of carbonyl (C=O) groups excluding carboxylic acids is 1. The summed E-state index contributed by atoms with van der Waals surface area (Å²) in [7, 11) is 0. The molecule has 1 fully saturated rings. The van der Waals surface area contributed by atoms with Crippen LogP contribution >= 0.6 is 0 Å². The van der Waals surface area contributed by atoms with Crippen LogP contribution in [0, 0.1) is 6.92 Å². The number of anilines is 1. The van der Waals surface area contributed by atoms with E-state index < -0.39 is 24.7 Å². The van der Waals surface area contributed by atoms with Gasteiger partial charge >= 0.3 is 13.2 Å². The van der Waals surface area contributed by atoms with Crippen LogP contribution in [0.3, 0.4) is 0 Å². The Morgan fingerprint density at radius 2 is 1.78 bits per heavy atom. The van der Waals surface area contributed by atoms with Crippen LogP contribution in [0.15, 0.2) is 48.5 Å². The van der Waals surface area contributed by atoms with Gasteiger partial charge in [0.25, 0.3) is 0 Å². The molecule has 1 saturated heterocycles. The number of amides is 1. The second kappa shape index (κ2) is 11.3. The van der Waals surface area contributed by atoms with Crippen molar-refractivity contribution in [2.45, 2.75) is 39.0 Å². The molecular weight excluding hydrogens is 482 g/mol. The predicted molar refractivity (Wildman–Crippen MR) is 122 cm³/mol. The number of aryl methyl sites for hydroxylation is 1. The monoisotopic (exact) mass is 507 g/mol. The Morgan fingerprint density at radius 1 is 1.06 bits per heavy atom. The molecule has 0 radical (unpaired) electrons. The largest absolute Gasteiger partial charge is 0.431 e. The molecule has 1 atom stereocenters. The maximum absolute atomic E-state index is 13.2. The smallest absolute Gasteiger partial charge is 0.387 e. The van der Waals surface area contributed by atoms with Crippen molar-refractivity contribution in [3.05, 3.63) is 65.7 Å². The lowest BCUT2D eigenvalue weighted by molar-refractivity contribution is -0.133. The fraction of sp³-hybridized carbons (Fsp3) is 0.375. The summed E-state index contributed by atoms with van der Waals surface area (Å²) in [5, 5.41) is 6.78. The Morgan fingerprint density at radius 3 is 2.44 bits per heavy atom. The highest BCUT2D eigenvalue weighted by Crippen LogP contribution is 2.35. The van der Waals surface area contributed by atoms with E-state index in [-0.39, 0.29) is 18.4 Å². The Labute approximate surface area is 204 Å². The van der Waals surface area contributed by atoms with Gasteiger partial charge in [0.15, 0.2) is 17.3 Å². The molecule has 0 saturated carbocycles. The van der Waals surface area contributed by atoms with Crippen LogP contribution in [0.5, 0.6) is 11.5 Å². The van der Waals surface area contributed by atoms with Crippen molar-refractivity contribution >= 4 is 11.6 Å². The number of aromatic nitrogens is 3. The van der Waals surface area contributed by atoms with Gasteiger partial charge in [0.05, 0.1) is 12.5 Å². The third-order valence-corrected chi connectivity index (χ3v) is 5.79. The van der Waals surface area contributed by atoms with E-state index in [9.17, 15) is 22.4 Å². The van der Waals surface area contributed by atoms with E-state index in [0.29, 0.717) is 43.4 Å². The highest BCUT2D eigenvalue weighted by atomic mass is 19.3. The number of rotatable bonds is 9. The van der Waals surface area contributed by atoms with Crippen LogP contribution in [0.25, 0.3) is 0 Å². The fourth-order valence-corrected chi connectivity index (χ4v) is 4.26. The minimum absolute atomic E-state index is 0.0433. The summed E-state index contributed by atoms with van der Waals surface area (Å²) >= 11 is 0. The van der Waals surface area contributed by atoms with Crippen LogP contribution in [0.2, 0.25) is 0 Å². The number of hydrogen-bond donors (Lipinski definition) is 1. The normalized spacial score (nSPS) is 16.0. The zero-order valence-corrected chi connectivity index (χ0v) is 19.4. The molecule has 0 bridgehead atoms. The van der Waals surface area contributed by atoms with Gasteiger partial charge in [-0.05, 0) is 31.0 Å². The molecule has 3 aromatic rings. The SMILES string of the molecule is Cc1nc(CC(=O)N2CCN(c3ccc(OC(F)F)c(OC(F)F)c3)CC2Cc2ccccc2)n[nH]1. The van der Waals surface area contributed by atoms with Crippen molar-refractivity contribution in [1.82, 2.24) is 20.1 Å². The summed E-state index contributed by atoms with van der Waals surface area (Å²) in [5.41, 5.74) is 1.51. The van der Waals surface area contributed by atoms with E-state index in [1.54, 1.807) is 11.8 Å². The number of aromatic amines is 1. The molecule has 1 aliphatic heterocycles. The topological polar surface area (TPSA) is 83.6 Å². The first-order valence-corrected chi connectivity index (χ1v) is 11.3. The van der Waals surface area contributed by atoms with Crippen molar-refractivity contribution in [3.8, 4) is 11.5 Å². The Hall–Kier alpha value is -3.83. The Balaban J connectivity index is 1.56. The number of piperazine rings is 1. The predicted octanol–water partition coefficient (Wildman–Crippen LogP) is 3.82. The number of alkyl halides is 4. The number of hydrogen-bond acceptors (Lipinski definition) is 6. The van der Waals surface area contributed by atoms with Gasteiger partial charge in [-0.1, -0.05) is 30.3 Å².